The number of fused-ring (bicyclic) bond motifs is 13. The summed E-state index contributed by atoms with van der Waals surface area (Å²) in [6.07, 6.45) is 0. The lowest BCUT2D eigenvalue weighted by molar-refractivity contribution is 0.669. The molecule has 0 aliphatic rings. The summed E-state index contributed by atoms with van der Waals surface area (Å²) in [6.45, 7) is 0. The van der Waals surface area contributed by atoms with Crippen molar-refractivity contribution in [2.24, 2.45) is 0 Å². The SMILES string of the molecule is c1ccc2c(c1)ccc1c2oc2cccc(-c3ccc(N(c4ccc(-c5ccc6c(c5)oc5ccccc56)cc4)c4cccc5oc6c7ccccc7ccc6c45)cc3)c21. The van der Waals surface area contributed by atoms with Crippen LogP contribution in [-0.4, -0.2) is 0 Å². The predicted octanol–water partition coefficient (Wildman–Crippen LogP) is 16.5. The highest BCUT2D eigenvalue weighted by atomic mass is 16.3. The Balaban J connectivity index is 0.967. The van der Waals surface area contributed by atoms with Gasteiger partial charge in [-0.2, -0.15) is 0 Å². The molecule has 0 amide bonds. The van der Waals surface area contributed by atoms with E-state index in [0.29, 0.717) is 0 Å². The van der Waals surface area contributed by atoms with Crippen molar-refractivity contribution in [1.29, 1.82) is 0 Å². The van der Waals surface area contributed by atoms with Gasteiger partial charge in [-0.1, -0.05) is 127 Å². The van der Waals surface area contributed by atoms with Crippen LogP contribution in [0, 0.1) is 0 Å². The monoisotopic (exact) mass is 767 g/mol. The first kappa shape index (κ1) is 32.9. The lowest BCUT2D eigenvalue weighted by Crippen LogP contribution is -2.10. The molecule has 0 unspecified atom stereocenters. The molecule has 60 heavy (non-hydrogen) atoms. The first-order valence-corrected chi connectivity index (χ1v) is 20.3. The van der Waals surface area contributed by atoms with E-state index in [4.69, 9.17) is 13.3 Å². The van der Waals surface area contributed by atoms with Crippen molar-refractivity contribution >= 4 is 104 Å². The molecule has 0 aliphatic carbocycles. The summed E-state index contributed by atoms with van der Waals surface area (Å²) in [5.41, 5.74) is 12.9. The average Bonchev–Trinajstić information content (AvgIpc) is 4.01. The van der Waals surface area contributed by atoms with Crippen molar-refractivity contribution in [3.05, 3.63) is 200 Å². The van der Waals surface area contributed by atoms with Gasteiger partial charge < -0.3 is 18.2 Å². The van der Waals surface area contributed by atoms with E-state index in [1.54, 1.807) is 0 Å². The van der Waals surface area contributed by atoms with Crippen LogP contribution >= 0.6 is 0 Å². The molecule has 0 saturated carbocycles. The van der Waals surface area contributed by atoms with Crippen LogP contribution in [0.5, 0.6) is 0 Å². The van der Waals surface area contributed by atoms with E-state index in [-0.39, 0.29) is 0 Å². The first-order valence-electron chi connectivity index (χ1n) is 20.3. The van der Waals surface area contributed by atoms with Gasteiger partial charge in [0.05, 0.1) is 11.1 Å². The minimum Gasteiger partial charge on any atom is -0.456 e. The smallest absolute Gasteiger partial charge is 0.143 e. The molecule has 3 aromatic heterocycles. The lowest BCUT2D eigenvalue weighted by atomic mass is 9.97. The van der Waals surface area contributed by atoms with E-state index < -0.39 is 0 Å². The normalized spacial score (nSPS) is 12.0. The molecule has 4 nitrogen and oxygen atoms in total. The van der Waals surface area contributed by atoms with Gasteiger partial charge in [0.15, 0.2) is 0 Å². The van der Waals surface area contributed by atoms with Gasteiger partial charge in [0, 0.05) is 49.1 Å². The number of para-hydroxylation sites is 1. The van der Waals surface area contributed by atoms with Crippen molar-refractivity contribution in [1.82, 2.24) is 0 Å². The highest BCUT2D eigenvalue weighted by Crippen LogP contribution is 2.46. The van der Waals surface area contributed by atoms with Gasteiger partial charge in [0.2, 0.25) is 0 Å². The molecule has 0 spiro atoms. The number of nitrogens with zero attached hydrogens (tertiary/aromatic N) is 1. The van der Waals surface area contributed by atoms with E-state index in [2.05, 4.69) is 193 Å². The highest BCUT2D eigenvalue weighted by Gasteiger charge is 2.22. The topological polar surface area (TPSA) is 42.7 Å². The maximum Gasteiger partial charge on any atom is 0.143 e. The van der Waals surface area contributed by atoms with Crippen LogP contribution in [0.15, 0.2) is 213 Å². The van der Waals surface area contributed by atoms with Crippen molar-refractivity contribution < 1.29 is 13.3 Å². The largest absolute Gasteiger partial charge is 0.456 e. The van der Waals surface area contributed by atoms with Gasteiger partial charge in [-0.05, 0) is 106 Å². The standard InChI is InChI=1S/C56H33NO3/c1-3-11-42-35(9-1)23-31-46-53-41(14-7-17-50(53)59-55(42)46)37-21-28-40(29-22-37)57(48-15-8-18-51-54(48)47-32-24-36-10-2-4-12-43(36)56(47)60-51)39-26-19-34(20-27-39)38-25-30-45-44-13-5-6-16-49(44)58-52(45)33-38/h1-33H. The Morgan fingerprint density at radius 3 is 1.52 bits per heavy atom. The molecular weight excluding hydrogens is 735 g/mol. The molecule has 13 rings (SSSR count). The maximum atomic E-state index is 6.69. The molecular formula is C56H33NO3. The molecule has 3 heterocycles. The first-order chi connectivity index (χ1) is 29.7. The second-order valence-corrected chi connectivity index (χ2v) is 15.6. The van der Waals surface area contributed by atoms with E-state index >= 15 is 0 Å². The minimum absolute atomic E-state index is 0.849. The van der Waals surface area contributed by atoms with Crippen LogP contribution in [0.2, 0.25) is 0 Å². The van der Waals surface area contributed by atoms with E-state index in [0.717, 1.165) is 121 Å². The number of benzene rings is 10. The van der Waals surface area contributed by atoms with Crippen LogP contribution in [0.4, 0.5) is 17.1 Å². The predicted molar refractivity (Wildman–Crippen MR) is 249 cm³/mol. The fourth-order valence-corrected chi connectivity index (χ4v) is 9.44. The zero-order chi connectivity index (χ0) is 39.3. The zero-order valence-electron chi connectivity index (χ0n) is 32.2. The average molecular weight is 768 g/mol. The molecule has 4 heteroatoms. The molecule has 0 radical (unpaired) electrons. The van der Waals surface area contributed by atoms with Crippen LogP contribution in [0.3, 0.4) is 0 Å². The Bertz CT molecular complexity index is 3830. The Hall–Kier alpha value is -8.08. The van der Waals surface area contributed by atoms with Crippen LogP contribution in [0.1, 0.15) is 0 Å². The summed E-state index contributed by atoms with van der Waals surface area (Å²) < 4.78 is 19.5. The Morgan fingerprint density at radius 1 is 0.300 bits per heavy atom. The van der Waals surface area contributed by atoms with Crippen LogP contribution in [-0.2, 0) is 0 Å². The second-order valence-electron chi connectivity index (χ2n) is 15.6. The molecule has 0 bridgehead atoms. The number of furan rings is 3. The molecule has 10 aromatic carbocycles. The summed E-state index contributed by atoms with van der Waals surface area (Å²) in [7, 11) is 0. The van der Waals surface area contributed by atoms with Gasteiger partial charge in [-0.3, -0.25) is 0 Å². The summed E-state index contributed by atoms with van der Waals surface area (Å²) in [5.74, 6) is 0. The third kappa shape index (κ3) is 4.91. The molecule has 0 fully saturated rings. The van der Waals surface area contributed by atoms with Gasteiger partial charge in [0.25, 0.3) is 0 Å². The third-order valence-corrected chi connectivity index (χ3v) is 12.3. The number of hydrogen-bond acceptors (Lipinski definition) is 4. The molecule has 0 aliphatic heterocycles. The van der Waals surface area contributed by atoms with E-state index in [1.165, 1.54) is 5.39 Å². The quantitative estimate of drug-likeness (QED) is 0.175. The Kier molecular flexibility index (Phi) is 6.98. The summed E-state index contributed by atoms with van der Waals surface area (Å²) in [4.78, 5) is 2.35. The van der Waals surface area contributed by atoms with Gasteiger partial charge in [0.1, 0.15) is 33.5 Å². The number of rotatable bonds is 5. The highest BCUT2D eigenvalue weighted by molar-refractivity contribution is 6.21. The van der Waals surface area contributed by atoms with Crippen LogP contribution in [0.25, 0.3) is 110 Å². The number of hydrogen-bond donors (Lipinski definition) is 0. The van der Waals surface area contributed by atoms with E-state index in [1.807, 2.05) is 12.1 Å². The molecule has 0 N–H and O–H groups in total. The van der Waals surface area contributed by atoms with Crippen molar-refractivity contribution in [3.63, 3.8) is 0 Å². The lowest BCUT2D eigenvalue weighted by Gasteiger charge is -2.26. The Labute approximate surface area is 343 Å². The molecule has 280 valence electrons. The summed E-state index contributed by atoms with van der Waals surface area (Å²) in [5, 5.41) is 11.2. The van der Waals surface area contributed by atoms with E-state index in [9.17, 15) is 0 Å². The maximum absolute atomic E-state index is 6.69. The Morgan fingerprint density at radius 2 is 0.817 bits per heavy atom. The molecule has 0 saturated heterocycles. The van der Waals surface area contributed by atoms with Crippen molar-refractivity contribution in [2.75, 3.05) is 4.90 Å². The summed E-state index contributed by atoms with van der Waals surface area (Å²) in [6, 6.07) is 70.8. The second kappa shape index (κ2) is 12.7. The fourth-order valence-electron chi connectivity index (χ4n) is 9.44. The summed E-state index contributed by atoms with van der Waals surface area (Å²) >= 11 is 0. The van der Waals surface area contributed by atoms with Crippen molar-refractivity contribution in [3.8, 4) is 22.3 Å². The fraction of sp³-hybridized carbons (Fsp3) is 0. The molecule has 13 aromatic rings. The van der Waals surface area contributed by atoms with Gasteiger partial charge >= 0.3 is 0 Å². The number of anilines is 3. The minimum atomic E-state index is 0.849. The molecule has 0 atom stereocenters. The van der Waals surface area contributed by atoms with Gasteiger partial charge in [-0.15, -0.1) is 0 Å². The third-order valence-electron chi connectivity index (χ3n) is 12.3. The zero-order valence-corrected chi connectivity index (χ0v) is 32.2. The van der Waals surface area contributed by atoms with Gasteiger partial charge in [-0.25, -0.2) is 0 Å². The van der Waals surface area contributed by atoms with Crippen molar-refractivity contribution in [2.45, 2.75) is 0 Å². The van der Waals surface area contributed by atoms with Crippen LogP contribution < -0.4 is 4.90 Å².